The minimum Gasteiger partial charge on any atom is -0.459 e. The molecule has 0 fully saturated rings. The lowest BCUT2D eigenvalue weighted by atomic mass is 10.2. The van der Waals surface area contributed by atoms with Crippen LogP contribution in [-0.4, -0.2) is 17.0 Å². The van der Waals surface area contributed by atoms with Gasteiger partial charge < -0.3 is 4.74 Å². The Hall–Kier alpha value is -2.05. The summed E-state index contributed by atoms with van der Waals surface area (Å²) in [5.41, 5.74) is -1.63. The third-order valence-electron chi connectivity index (χ3n) is 1.80. The number of hydrogen-bond acceptors (Lipinski definition) is 4. The van der Waals surface area contributed by atoms with Gasteiger partial charge in [0.1, 0.15) is 11.4 Å². The smallest absolute Gasteiger partial charge is 0.341 e. The zero-order chi connectivity index (χ0) is 13.2. The van der Waals surface area contributed by atoms with E-state index >= 15 is 0 Å². The molecule has 0 heterocycles. The van der Waals surface area contributed by atoms with Crippen molar-refractivity contribution in [2.45, 2.75) is 20.0 Å². The first-order valence-electron chi connectivity index (χ1n) is 4.67. The highest BCUT2D eigenvalue weighted by Crippen LogP contribution is 2.22. The van der Waals surface area contributed by atoms with Crippen molar-refractivity contribution >= 4 is 11.7 Å². The summed E-state index contributed by atoms with van der Waals surface area (Å²) in [6, 6.07) is 0.810. The molecule has 5 nitrogen and oxygen atoms in total. The highest BCUT2D eigenvalue weighted by Gasteiger charge is 2.23. The predicted molar refractivity (Wildman–Crippen MR) is 53.6 cm³/mol. The van der Waals surface area contributed by atoms with Crippen molar-refractivity contribution in [2.24, 2.45) is 0 Å². The van der Waals surface area contributed by atoms with E-state index in [0.717, 1.165) is 0 Å². The summed E-state index contributed by atoms with van der Waals surface area (Å²) in [5, 5.41) is 10.4. The monoisotopic (exact) mass is 245 g/mol. The molecule has 92 valence electrons. The molecule has 0 atom stereocenters. The number of esters is 1. The minimum absolute atomic E-state index is 0.287. The highest BCUT2D eigenvalue weighted by molar-refractivity contribution is 5.90. The van der Waals surface area contributed by atoms with Gasteiger partial charge in [0, 0.05) is 12.1 Å². The van der Waals surface area contributed by atoms with Crippen LogP contribution in [-0.2, 0) is 4.74 Å². The maximum atomic E-state index is 13.2. The van der Waals surface area contributed by atoms with Crippen LogP contribution in [0.1, 0.15) is 24.2 Å². The molecule has 0 saturated heterocycles. The Kier molecular flexibility index (Phi) is 3.72. The highest BCUT2D eigenvalue weighted by atomic mass is 19.1. The Morgan fingerprint density at radius 3 is 2.41 bits per heavy atom. The molecule has 1 rings (SSSR count). The van der Waals surface area contributed by atoms with E-state index in [1.807, 2.05) is 0 Å². The van der Waals surface area contributed by atoms with Crippen LogP contribution in [0.4, 0.5) is 14.5 Å². The predicted octanol–water partition coefficient (Wildman–Crippen LogP) is 2.44. The van der Waals surface area contributed by atoms with Crippen LogP contribution in [0.5, 0.6) is 0 Å². The van der Waals surface area contributed by atoms with Gasteiger partial charge in [0.05, 0.1) is 11.0 Å². The first-order chi connectivity index (χ1) is 7.82. The third-order valence-corrected chi connectivity index (χ3v) is 1.80. The lowest BCUT2D eigenvalue weighted by Gasteiger charge is -2.08. The molecule has 0 spiro atoms. The topological polar surface area (TPSA) is 69.4 Å². The number of nitro benzene ring substituents is 1. The molecular formula is C10H9F2NO4. The SMILES string of the molecule is CC(C)OC(=O)c1cc([N+](=O)[O-])c(F)cc1F. The number of carbonyl (C=O) groups is 1. The number of rotatable bonds is 3. The van der Waals surface area contributed by atoms with Crippen LogP contribution >= 0.6 is 0 Å². The van der Waals surface area contributed by atoms with E-state index in [1.54, 1.807) is 0 Å². The second-order valence-electron chi connectivity index (χ2n) is 3.49. The Balaban J connectivity index is 3.20. The summed E-state index contributed by atoms with van der Waals surface area (Å²) in [5.74, 6) is -3.60. The summed E-state index contributed by atoms with van der Waals surface area (Å²) in [6.07, 6.45) is -0.508. The second kappa shape index (κ2) is 4.86. The van der Waals surface area contributed by atoms with Gasteiger partial charge in [-0.05, 0) is 13.8 Å². The van der Waals surface area contributed by atoms with Crippen molar-refractivity contribution in [1.29, 1.82) is 0 Å². The van der Waals surface area contributed by atoms with Crippen molar-refractivity contribution in [1.82, 2.24) is 0 Å². The summed E-state index contributed by atoms with van der Waals surface area (Å²) in [4.78, 5) is 20.7. The molecular weight excluding hydrogens is 236 g/mol. The van der Waals surface area contributed by atoms with Crippen LogP contribution < -0.4 is 0 Å². The van der Waals surface area contributed by atoms with Gasteiger partial charge in [-0.1, -0.05) is 0 Å². The Morgan fingerprint density at radius 1 is 1.35 bits per heavy atom. The summed E-state index contributed by atoms with van der Waals surface area (Å²) in [7, 11) is 0. The molecule has 1 aromatic rings. The van der Waals surface area contributed by atoms with E-state index in [1.165, 1.54) is 13.8 Å². The lowest BCUT2D eigenvalue weighted by Crippen LogP contribution is -2.14. The Morgan fingerprint density at radius 2 is 1.94 bits per heavy atom. The largest absolute Gasteiger partial charge is 0.459 e. The van der Waals surface area contributed by atoms with Crippen LogP contribution in [0.2, 0.25) is 0 Å². The first kappa shape index (κ1) is 13.0. The molecule has 0 bridgehead atoms. The van der Waals surface area contributed by atoms with Crippen LogP contribution in [0.15, 0.2) is 12.1 Å². The molecule has 0 aliphatic rings. The summed E-state index contributed by atoms with van der Waals surface area (Å²) < 4.78 is 30.9. The minimum atomic E-state index is -1.34. The molecule has 0 amide bonds. The summed E-state index contributed by atoms with van der Waals surface area (Å²) in [6.45, 7) is 3.07. The molecule has 0 aliphatic carbocycles. The fraction of sp³-hybridized carbons (Fsp3) is 0.300. The zero-order valence-electron chi connectivity index (χ0n) is 9.07. The van der Waals surface area contributed by atoms with Crippen molar-refractivity contribution < 1.29 is 23.2 Å². The van der Waals surface area contributed by atoms with Gasteiger partial charge in [-0.15, -0.1) is 0 Å². The van der Waals surface area contributed by atoms with E-state index < -0.39 is 39.9 Å². The maximum Gasteiger partial charge on any atom is 0.341 e. The zero-order valence-corrected chi connectivity index (χ0v) is 9.07. The number of hydrogen-bond donors (Lipinski definition) is 0. The van der Waals surface area contributed by atoms with E-state index in [9.17, 15) is 23.7 Å². The number of benzene rings is 1. The second-order valence-corrected chi connectivity index (χ2v) is 3.49. The van der Waals surface area contributed by atoms with E-state index in [2.05, 4.69) is 4.74 Å². The van der Waals surface area contributed by atoms with Crippen molar-refractivity contribution in [3.8, 4) is 0 Å². The van der Waals surface area contributed by atoms with Crippen LogP contribution in [0, 0.1) is 21.7 Å². The number of carbonyl (C=O) groups excluding carboxylic acids is 1. The first-order valence-corrected chi connectivity index (χ1v) is 4.67. The normalized spacial score (nSPS) is 10.4. The average Bonchev–Trinajstić information content (AvgIpc) is 2.15. The van der Waals surface area contributed by atoms with Gasteiger partial charge in [-0.25, -0.2) is 9.18 Å². The Labute approximate surface area is 95.2 Å². The lowest BCUT2D eigenvalue weighted by molar-refractivity contribution is -0.387. The van der Waals surface area contributed by atoms with Gasteiger partial charge in [-0.3, -0.25) is 10.1 Å². The van der Waals surface area contributed by atoms with Crippen LogP contribution in [0.3, 0.4) is 0 Å². The molecule has 0 radical (unpaired) electrons. The number of nitrogens with zero attached hydrogens (tertiary/aromatic N) is 1. The van der Waals surface area contributed by atoms with Crippen LogP contribution in [0.25, 0.3) is 0 Å². The van der Waals surface area contributed by atoms with Gasteiger partial charge in [0.2, 0.25) is 5.82 Å². The standard InChI is InChI=1S/C10H9F2NO4/c1-5(2)17-10(14)6-3-9(13(15)16)8(12)4-7(6)11/h3-5H,1-2H3. The molecule has 17 heavy (non-hydrogen) atoms. The van der Waals surface area contributed by atoms with E-state index in [0.29, 0.717) is 6.07 Å². The summed E-state index contributed by atoms with van der Waals surface area (Å²) >= 11 is 0. The molecule has 0 saturated carbocycles. The average molecular weight is 245 g/mol. The fourth-order valence-electron chi connectivity index (χ4n) is 1.11. The fourth-order valence-corrected chi connectivity index (χ4v) is 1.11. The van der Waals surface area contributed by atoms with E-state index in [-0.39, 0.29) is 6.07 Å². The molecule has 0 N–H and O–H groups in total. The van der Waals surface area contributed by atoms with Crippen molar-refractivity contribution in [2.75, 3.05) is 0 Å². The van der Waals surface area contributed by atoms with Gasteiger partial charge in [-0.2, -0.15) is 4.39 Å². The quantitative estimate of drug-likeness (QED) is 0.466. The van der Waals surface area contributed by atoms with Gasteiger partial charge >= 0.3 is 11.7 Å². The number of nitro groups is 1. The van der Waals surface area contributed by atoms with Crippen molar-refractivity contribution in [3.63, 3.8) is 0 Å². The Bertz CT molecular complexity index is 474. The number of ether oxygens (including phenoxy) is 1. The molecule has 0 aliphatic heterocycles. The van der Waals surface area contributed by atoms with Gasteiger partial charge in [0.15, 0.2) is 0 Å². The molecule has 7 heteroatoms. The molecule has 0 unspecified atom stereocenters. The molecule has 1 aromatic carbocycles. The van der Waals surface area contributed by atoms with Gasteiger partial charge in [0.25, 0.3) is 0 Å². The number of halogens is 2. The molecule has 0 aromatic heterocycles. The van der Waals surface area contributed by atoms with E-state index in [4.69, 9.17) is 0 Å². The maximum absolute atomic E-state index is 13.2. The van der Waals surface area contributed by atoms with Crippen molar-refractivity contribution in [3.05, 3.63) is 39.4 Å². The third kappa shape index (κ3) is 2.96.